The normalized spacial score (nSPS) is 26.9. The molecule has 2 rings (SSSR count). The lowest BCUT2D eigenvalue weighted by Crippen LogP contribution is -2.35. The van der Waals surface area contributed by atoms with Crippen LogP contribution in [0.5, 0.6) is 0 Å². The summed E-state index contributed by atoms with van der Waals surface area (Å²) in [5.74, 6) is -0.165. The van der Waals surface area contributed by atoms with E-state index in [4.69, 9.17) is 9.47 Å². The number of carbonyl (C=O) groups excluding carboxylic acids is 2. The van der Waals surface area contributed by atoms with Crippen molar-refractivity contribution in [2.45, 2.75) is 56.5 Å². The smallest absolute Gasteiger partial charge is 0.321 e. The third-order valence-electron chi connectivity index (χ3n) is 4.60. The lowest BCUT2D eigenvalue weighted by molar-refractivity contribution is -0.149. The Morgan fingerprint density at radius 1 is 1.17 bits per heavy atom. The SMILES string of the molecule is CC(C)(S)C(=O)OCC1=CC2CCC1(COC(=O)C(C)(C)S)C2. The molecule has 0 amide bonds. The summed E-state index contributed by atoms with van der Waals surface area (Å²) in [5, 5.41) is 0. The van der Waals surface area contributed by atoms with Crippen molar-refractivity contribution in [1.82, 2.24) is 0 Å². The van der Waals surface area contributed by atoms with Gasteiger partial charge in [0.1, 0.15) is 22.7 Å². The van der Waals surface area contributed by atoms with E-state index in [2.05, 4.69) is 31.3 Å². The number of hydrogen-bond donors (Lipinski definition) is 2. The molecule has 0 spiro atoms. The Bertz CT molecular complexity index is 528. The Kier molecular flexibility index (Phi) is 5.17. The molecule has 6 heteroatoms. The monoisotopic (exact) mass is 358 g/mol. The average Bonchev–Trinajstić information content (AvgIpc) is 2.97. The molecule has 0 aromatic carbocycles. The largest absolute Gasteiger partial charge is 0.464 e. The van der Waals surface area contributed by atoms with E-state index >= 15 is 0 Å². The van der Waals surface area contributed by atoms with Gasteiger partial charge in [0.25, 0.3) is 0 Å². The lowest BCUT2D eigenvalue weighted by atomic mass is 9.81. The van der Waals surface area contributed by atoms with E-state index in [1.54, 1.807) is 27.7 Å². The molecule has 2 aliphatic rings. The molecule has 130 valence electrons. The molecule has 0 aromatic rings. The van der Waals surface area contributed by atoms with Gasteiger partial charge < -0.3 is 9.47 Å². The molecule has 2 unspecified atom stereocenters. The van der Waals surface area contributed by atoms with Crippen molar-refractivity contribution in [1.29, 1.82) is 0 Å². The number of rotatable bonds is 6. The van der Waals surface area contributed by atoms with Gasteiger partial charge in [-0.3, -0.25) is 9.59 Å². The first kappa shape index (κ1) is 18.7. The van der Waals surface area contributed by atoms with Gasteiger partial charge in [0.15, 0.2) is 0 Å². The minimum atomic E-state index is -0.812. The van der Waals surface area contributed by atoms with Crippen LogP contribution >= 0.6 is 25.3 Å². The van der Waals surface area contributed by atoms with E-state index in [1.165, 1.54) is 0 Å². The summed E-state index contributed by atoms with van der Waals surface area (Å²) >= 11 is 8.48. The second-order valence-corrected chi connectivity index (χ2v) is 9.98. The first-order valence-electron chi connectivity index (χ1n) is 7.94. The Morgan fingerprint density at radius 2 is 1.74 bits per heavy atom. The molecule has 0 heterocycles. The molecule has 2 atom stereocenters. The van der Waals surface area contributed by atoms with Crippen LogP contribution in [-0.2, 0) is 19.1 Å². The van der Waals surface area contributed by atoms with Gasteiger partial charge in [-0.2, -0.15) is 25.3 Å². The summed E-state index contributed by atoms with van der Waals surface area (Å²) in [7, 11) is 0. The second kappa shape index (κ2) is 6.36. The number of fused-ring (bicyclic) bond motifs is 2. The van der Waals surface area contributed by atoms with Gasteiger partial charge >= 0.3 is 11.9 Å². The van der Waals surface area contributed by atoms with Gasteiger partial charge in [0.05, 0.1) is 0 Å². The van der Waals surface area contributed by atoms with Crippen LogP contribution in [0.25, 0.3) is 0 Å². The topological polar surface area (TPSA) is 52.6 Å². The van der Waals surface area contributed by atoms with Crippen molar-refractivity contribution in [2.75, 3.05) is 13.2 Å². The van der Waals surface area contributed by atoms with Crippen molar-refractivity contribution in [3.05, 3.63) is 11.6 Å². The molecule has 23 heavy (non-hydrogen) atoms. The molecule has 0 N–H and O–H groups in total. The first-order chi connectivity index (χ1) is 10.4. The van der Waals surface area contributed by atoms with Crippen LogP contribution in [0, 0.1) is 11.3 Å². The standard InChI is InChI=1S/C17H26O4S2/c1-15(2,22)13(18)20-9-12-7-11-5-6-17(12,8-11)10-21-14(19)16(3,4)23/h7,11,22-23H,5-6,8-10H2,1-4H3. The molecule has 1 fully saturated rings. The predicted octanol–water partition coefficient (Wildman–Crippen LogP) is 3.22. The highest BCUT2D eigenvalue weighted by atomic mass is 32.1. The average molecular weight is 359 g/mol. The van der Waals surface area contributed by atoms with Crippen LogP contribution in [-0.4, -0.2) is 34.6 Å². The highest BCUT2D eigenvalue weighted by molar-refractivity contribution is 7.82. The van der Waals surface area contributed by atoms with Gasteiger partial charge in [0, 0.05) is 5.41 Å². The molecule has 1 saturated carbocycles. The first-order valence-corrected chi connectivity index (χ1v) is 8.84. The summed E-state index contributed by atoms with van der Waals surface area (Å²) in [6.45, 7) is 7.44. The lowest BCUT2D eigenvalue weighted by Gasteiger charge is -2.31. The van der Waals surface area contributed by atoms with Gasteiger partial charge in [-0.1, -0.05) is 6.08 Å². The maximum Gasteiger partial charge on any atom is 0.321 e. The van der Waals surface area contributed by atoms with Crippen molar-refractivity contribution >= 4 is 37.2 Å². The van der Waals surface area contributed by atoms with E-state index in [9.17, 15) is 9.59 Å². The van der Waals surface area contributed by atoms with Crippen LogP contribution in [0.2, 0.25) is 0 Å². The van der Waals surface area contributed by atoms with Crippen LogP contribution in [0.4, 0.5) is 0 Å². The van der Waals surface area contributed by atoms with Gasteiger partial charge in [-0.25, -0.2) is 0 Å². The summed E-state index contributed by atoms with van der Waals surface area (Å²) in [6.07, 6.45) is 5.20. The molecular weight excluding hydrogens is 332 g/mol. The van der Waals surface area contributed by atoms with Crippen LogP contribution in [0.3, 0.4) is 0 Å². The Hall–Kier alpha value is -0.620. The van der Waals surface area contributed by atoms with Gasteiger partial charge in [-0.15, -0.1) is 0 Å². The second-order valence-electron chi connectivity index (χ2n) is 7.75. The van der Waals surface area contributed by atoms with Gasteiger partial charge in [-0.05, 0) is 58.4 Å². The number of thiol groups is 2. The van der Waals surface area contributed by atoms with E-state index in [0.29, 0.717) is 12.5 Å². The molecule has 2 bridgehead atoms. The zero-order chi connectivity index (χ0) is 17.5. The zero-order valence-electron chi connectivity index (χ0n) is 14.2. The van der Waals surface area contributed by atoms with Crippen LogP contribution in [0.15, 0.2) is 11.6 Å². The molecule has 4 nitrogen and oxygen atoms in total. The summed E-state index contributed by atoms with van der Waals surface area (Å²) < 4.78 is 9.29. The van der Waals surface area contributed by atoms with E-state index in [-0.39, 0.29) is 24.0 Å². The van der Waals surface area contributed by atoms with Crippen LogP contribution in [0.1, 0.15) is 47.0 Å². The van der Waals surface area contributed by atoms with E-state index in [0.717, 1.165) is 24.8 Å². The molecule has 0 saturated heterocycles. The minimum Gasteiger partial charge on any atom is -0.464 e. The Balaban J connectivity index is 1.99. The Morgan fingerprint density at radius 3 is 2.26 bits per heavy atom. The fourth-order valence-electron chi connectivity index (χ4n) is 3.19. The van der Waals surface area contributed by atoms with Crippen molar-refractivity contribution < 1.29 is 19.1 Å². The third kappa shape index (κ3) is 4.27. The van der Waals surface area contributed by atoms with Crippen LogP contribution < -0.4 is 0 Å². The third-order valence-corrected chi connectivity index (χ3v) is 4.97. The molecule has 0 aromatic heterocycles. The molecular formula is C17H26O4S2. The highest BCUT2D eigenvalue weighted by Gasteiger charge is 2.48. The molecule has 0 aliphatic heterocycles. The maximum absolute atomic E-state index is 12.0. The highest BCUT2D eigenvalue weighted by Crippen LogP contribution is 2.54. The van der Waals surface area contributed by atoms with Crippen molar-refractivity contribution in [3.8, 4) is 0 Å². The van der Waals surface area contributed by atoms with Crippen molar-refractivity contribution in [2.24, 2.45) is 11.3 Å². The molecule has 2 aliphatic carbocycles. The van der Waals surface area contributed by atoms with E-state index < -0.39 is 9.49 Å². The van der Waals surface area contributed by atoms with Gasteiger partial charge in [0.2, 0.25) is 0 Å². The zero-order valence-corrected chi connectivity index (χ0v) is 16.0. The number of allylic oxidation sites excluding steroid dienone is 1. The van der Waals surface area contributed by atoms with E-state index in [1.807, 2.05) is 0 Å². The number of hydrogen-bond acceptors (Lipinski definition) is 6. The summed E-state index contributed by atoms with van der Waals surface area (Å²) in [4.78, 5) is 23.9. The fourth-order valence-corrected chi connectivity index (χ4v) is 3.32. The van der Waals surface area contributed by atoms with Crippen molar-refractivity contribution in [3.63, 3.8) is 0 Å². The quantitative estimate of drug-likeness (QED) is 0.435. The number of esters is 2. The number of ether oxygens (including phenoxy) is 2. The summed E-state index contributed by atoms with van der Waals surface area (Å²) in [5.41, 5.74) is 0.893. The maximum atomic E-state index is 12.0. The Labute approximate surface area is 149 Å². The fraction of sp³-hybridized carbons (Fsp3) is 0.765. The number of carbonyl (C=O) groups is 2. The predicted molar refractivity (Wildman–Crippen MR) is 95.9 cm³/mol. The molecule has 0 radical (unpaired) electrons. The minimum absolute atomic E-state index is 0.180. The summed E-state index contributed by atoms with van der Waals surface area (Å²) in [6, 6.07) is 0.